The molecule has 0 aliphatic carbocycles. The summed E-state index contributed by atoms with van der Waals surface area (Å²) in [7, 11) is 1.36. The number of H-pyrrole nitrogens is 2. The summed E-state index contributed by atoms with van der Waals surface area (Å²) in [6, 6.07) is 6.69. The van der Waals surface area contributed by atoms with E-state index < -0.39 is 144 Å². The van der Waals surface area contributed by atoms with E-state index in [0.717, 1.165) is 11.3 Å². The highest BCUT2D eigenvalue weighted by atomic mass is 16.4. The summed E-state index contributed by atoms with van der Waals surface area (Å²) in [6.07, 6.45) is 6.44. The lowest BCUT2D eigenvalue weighted by molar-refractivity contribution is -0.140. The van der Waals surface area contributed by atoms with Crippen LogP contribution in [0.1, 0.15) is 96.4 Å². The Kier molecular flexibility index (Phi) is 35.5. The third-order valence-electron chi connectivity index (χ3n) is 20.3. The molecule has 11 amide bonds. The minimum absolute atomic E-state index is 0.0113. The number of imidazole rings is 1. The molecular weight excluding hydrogens is 1460 g/mol. The summed E-state index contributed by atoms with van der Waals surface area (Å²) in [6.45, 7) is 10.5. The van der Waals surface area contributed by atoms with Crippen LogP contribution in [0, 0.1) is 11.8 Å². The van der Waals surface area contributed by atoms with Crippen molar-refractivity contribution in [2.24, 2.45) is 23.3 Å². The van der Waals surface area contributed by atoms with E-state index in [9.17, 15) is 82.4 Å². The molecule has 113 heavy (non-hydrogen) atoms. The number of likely N-dealkylation sites (N-methyl/N-ethyl adjacent to an activating group) is 1. The monoisotopic (exact) mass is 1580 g/mol. The predicted octanol–water partition coefficient (Wildman–Crippen LogP) is -3.24. The van der Waals surface area contributed by atoms with E-state index >= 15 is 0 Å². The van der Waals surface area contributed by atoms with Crippen molar-refractivity contribution in [2.45, 2.75) is 153 Å². The topological polar surface area (TPSA) is 515 Å². The number of likely N-dealkylation sites (tertiary alicyclic amines) is 2. The van der Waals surface area contributed by atoms with Crippen LogP contribution in [0.4, 0.5) is 0 Å². The van der Waals surface area contributed by atoms with Gasteiger partial charge in [0.1, 0.15) is 36.3 Å². The molecule has 0 radical (unpaired) electrons. The number of benzene rings is 2. The average Bonchev–Trinajstić information content (AvgIpc) is 1.71. The summed E-state index contributed by atoms with van der Waals surface area (Å²) in [5, 5.41) is 52.1. The maximum absolute atomic E-state index is 14.8. The second-order valence-corrected chi connectivity index (χ2v) is 30.4. The highest BCUT2D eigenvalue weighted by molar-refractivity contribution is 5.98. The molecule has 620 valence electrons. The number of nitrogens with one attached hydrogen (secondary N) is 10. The second kappa shape index (κ2) is 44.7. The van der Waals surface area contributed by atoms with E-state index in [0.29, 0.717) is 79.6 Å². The number of carbonyl (C=O) groups excluding carboxylic acids is 11. The number of primary amides is 2. The maximum Gasteiger partial charge on any atom is 0.317 e. The molecule has 0 saturated carbocycles. The molecular formula is C76H114N20O17. The number of rotatable bonds is 41. The van der Waals surface area contributed by atoms with E-state index in [-0.39, 0.29) is 129 Å². The van der Waals surface area contributed by atoms with Gasteiger partial charge in [0.05, 0.1) is 51.6 Å². The number of amides is 11. The number of aliphatic carboxylic acids is 3. The van der Waals surface area contributed by atoms with Crippen LogP contribution in [0.5, 0.6) is 0 Å². The van der Waals surface area contributed by atoms with Gasteiger partial charge in [0.15, 0.2) is 0 Å². The average molecular weight is 1580 g/mol. The van der Waals surface area contributed by atoms with E-state index in [1.807, 2.05) is 34.6 Å². The first-order chi connectivity index (χ1) is 53.7. The molecule has 2 aromatic carbocycles. The standard InChI is InChI=1S/C76H114N20O17/c1-47(2)33-54(39-96-22-12-17-61(96)70(78)107)84-74(111)60(36-53-38-79-46-81-53)86-63(98)40-90(6)76(113)69(48(3)4)89-71(108)49(5)82-73(110)59(35-51-37-80-56-16-11-10-15-55(51)56)88-72(109)57(18-19-62(77)97)87-75(112)58(34-50-13-8-7-9-14-50)85-65(100)42-91-23-20-52(21-24-91)83-64(99)41-92-25-27-93(43-66(101)102)29-31-95(45-68(105)106)32-30-94(28-26-92)44-67(103)104/h7-11,13-16,37-38,46-49,52,54,57-61,69,80H,12,17-36,39-45H2,1-6H3,(H2,77,97)(H2,78,107)(H,79,81)(H,82,110)(H,83,99)(H,84,111)(H,85,100)(H,86,98)(H,87,112)(H,88,109)(H,89,108)(H,101,102)(H,103,104)(H,105,106)/t49-,54-,57-,58+,59-,60-,61-,69-/m0/s1. The number of para-hydroxylation sites is 1. The van der Waals surface area contributed by atoms with E-state index in [2.05, 4.69) is 57.5 Å². The van der Waals surface area contributed by atoms with Crippen LogP contribution >= 0.6 is 0 Å². The van der Waals surface area contributed by atoms with E-state index in [1.165, 1.54) is 26.5 Å². The Labute approximate surface area is 656 Å². The number of carboxylic acids is 3. The van der Waals surface area contributed by atoms with Gasteiger partial charge in [0, 0.05) is 146 Å². The summed E-state index contributed by atoms with van der Waals surface area (Å²) in [5.74, 6) is -11.1. The first-order valence-electron chi connectivity index (χ1n) is 38.6. The van der Waals surface area contributed by atoms with Crippen molar-refractivity contribution in [3.05, 3.63) is 90.1 Å². The second-order valence-electron chi connectivity index (χ2n) is 30.4. The number of nitrogens with zero attached hydrogens (tertiary/aromatic N) is 8. The number of hydrogen-bond acceptors (Lipinski definition) is 21. The number of hydrogen-bond donors (Lipinski definition) is 15. The van der Waals surface area contributed by atoms with E-state index in [4.69, 9.17) is 11.5 Å². The maximum atomic E-state index is 14.8. The quantitative estimate of drug-likeness (QED) is 0.0208. The van der Waals surface area contributed by atoms with Crippen molar-refractivity contribution in [2.75, 3.05) is 125 Å². The lowest BCUT2D eigenvalue weighted by atomic mass is 10.0. The first kappa shape index (κ1) is 89.7. The third-order valence-corrected chi connectivity index (χ3v) is 20.3. The van der Waals surface area contributed by atoms with Crippen LogP contribution in [0.3, 0.4) is 0 Å². The Morgan fingerprint density at radius 3 is 1.64 bits per heavy atom. The zero-order chi connectivity index (χ0) is 82.4. The van der Waals surface area contributed by atoms with Gasteiger partial charge in [-0.15, -0.1) is 0 Å². The molecule has 0 unspecified atom stereocenters. The molecule has 37 nitrogen and oxygen atoms in total. The molecule has 17 N–H and O–H groups in total. The number of nitrogens with two attached hydrogens (primary N) is 2. The van der Waals surface area contributed by atoms with Gasteiger partial charge in [0.25, 0.3) is 0 Å². The van der Waals surface area contributed by atoms with Gasteiger partial charge < -0.3 is 84.2 Å². The molecule has 3 aliphatic heterocycles. The van der Waals surface area contributed by atoms with Crippen LogP contribution < -0.4 is 54.0 Å². The van der Waals surface area contributed by atoms with Gasteiger partial charge in [-0.3, -0.25) is 96.5 Å². The molecule has 7 rings (SSSR count). The SMILES string of the molecule is CC(C)C[C@@H](CN1CCC[C@H]1C(N)=O)NC(=O)[C@H](Cc1cnc[nH]1)NC(=O)CN(C)C(=O)[C@@H](NC(=O)[C@H](C)NC(=O)[C@H](Cc1c[nH]c2ccccc12)NC(=O)[C@H](CCC(N)=O)NC(=O)[C@@H](Cc1ccccc1)NC(=O)CN1CCC(NC(=O)CN2CCN(CC(=O)O)CCN(CC(=O)O)CCN(CC(=O)O)CC2)CC1)C(C)C. The van der Waals surface area contributed by atoms with Crippen LogP contribution in [-0.2, 0) is 86.4 Å². The molecule has 2 aromatic heterocycles. The number of aromatic amines is 2. The fourth-order valence-electron chi connectivity index (χ4n) is 14.3. The smallest absolute Gasteiger partial charge is 0.317 e. The van der Waals surface area contributed by atoms with Crippen molar-refractivity contribution in [1.29, 1.82) is 0 Å². The molecule has 8 atom stereocenters. The molecule has 3 saturated heterocycles. The van der Waals surface area contributed by atoms with Crippen molar-refractivity contribution >= 4 is 93.8 Å². The Bertz CT molecular complexity index is 3840. The number of fused-ring (bicyclic) bond motifs is 1. The Hall–Kier alpha value is -10.5. The summed E-state index contributed by atoms with van der Waals surface area (Å²) >= 11 is 0. The molecule has 4 aromatic rings. The number of aromatic nitrogens is 3. The van der Waals surface area contributed by atoms with E-state index in [1.54, 1.807) is 83.3 Å². The van der Waals surface area contributed by atoms with Crippen LogP contribution in [0.2, 0.25) is 0 Å². The summed E-state index contributed by atoms with van der Waals surface area (Å²) in [5.41, 5.74) is 13.8. The Morgan fingerprint density at radius 1 is 0.549 bits per heavy atom. The fraction of sp³-hybridized carbons (Fsp3) is 0.592. The minimum atomic E-state index is -1.54. The minimum Gasteiger partial charge on any atom is -0.480 e. The van der Waals surface area contributed by atoms with Gasteiger partial charge in [-0.25, -0.2) is 4.98 Å². The highest BCUT2D eigenvalue weighted by Gasteiger charge is 2.37. The molecule has 3 fully saturated rings. The number of piperidine rings is 1. The lowest BCUT2D eigenvalue weighted by Gasteiger charge is -2.34. The number of carbonyl (C=O) groups is 14. The highest BCUT2D eigenvalue weighted by Crippen LogP contribution is 2.22. The Morgan fingerprint density at radius 2 is 1.07 bits per heavy atom. The van der Waals surface area contributed by atoms with Gasteiger partial charge in [0.2, 0.25) is 65.0 Å². The third kappa shape index (κ3) is 30.5. The molecule has 37 heteroatoms. The van der Waals surface area contributed by atoms with Gasteiger partial charge in [-0.05, 0) is 81.0 Å². The first-order valence-corrected chi connectivity index (χ1v) is 38.6. The normalized spacial score (nSPS) is 18.0. The van der Waals surface area contributed by atoms with Crippen LogP contribution in [0.15, 0.2) is 73.3 Å². The van der Waals surface area contributed by atoms with Gasteiger partial charge in [-0.1, -0.05) is 76.2 Å². The zero-order valence-electron chi connectivity index (χ0n) is 65.4. The summed E-state index contributed by atoms with van der Waals surface area (Å²) < 4.78 is 0. The van der Waals surface area contributed by atoms with Crippen molar-refractivity contribution in [3.63, 3.8) is 0 Å². The largest absolute Gasteiger partial charge is 0.480 e. The Balaban J connectivity index is 0.980. The van der Waals surface area contributed by atoms with Crippen molar-refractivity contribution in [1.82, 2.24) is 91.8 Å². The lowest BCUT2D eigenvalue weighted by Crippen LogP contribution is -2.60. The van der Waals surface area contributed by atoms with Gasteiger partial charge >= 0.3 is 17.9 Å². The fourth-order valence-corrected chi connectivity index (χ4v) is 14.3. The van der Waals surface area contributed by atoms with Gasteiger partial charge in [-0.2, -0.15) is 0 Å². The summed E-state index contributed by atoms with van der Waals surface area (Å²) in [4.78, 5) is 211. The van der Waals surface area contributed by atoms with Crippen molar-refractivity contribution in [3.8, 4) is 0 Å². The molecule has 0 bridgehead atoms. The van der Waals surface area contributed by atoms with Crippen molar-refractivity contribution < 1.29 is 82.4 Å². The molecule has 3 aliphatic rings. The van der Waals surface area contributed by atoms with Crippen LogP contribution in [-0.4, -0.2) is 327 Å². The molecule has 0 spiro atoms. The molecule has 5 heterocycles. The zero-order valence-corrected chi connectivity index (χ0v) is 65.4. The van der Waals surface area contributed by atoms with Crippen LogP contribution in [0.25, 0.3) is 10.9 Å². The number of carboxylic acid groups (broad SMARTS) is 3. The predicted molar refractivity (Wildman–Crippen MR) is 414 cm³/mol.